The highest BCUT2D eigenvalue weighted by molar-refractivity contribution is 7.15. The number of aromatic nitrogens is 6. The predicted molar refractivity (Wildman–Crippen MR) is 313 cm³/mol. The first kappa shape index (κ1) is 41.3. The Kier molecular flexibility index (Phi) is 8.98. The molecule has 11 aromatic carbocycles. The largest absolute Gasteiger partial charge is 0.309 e. The zero-order chi connectivity index (χ0) is 48.4. The van der Waals surface area contributed by atoms with Crippen molar-refractivity contribution in [3.8, 4) is 33.9 Å². The van der Waals surface area contributed by atoms with E-state index < -0.39 is 0 Å². The summed E-state index contributed by atoms with van der Waals surface area (Å²) in [6.45, 7) is 0. The summed E-state index contributed by atoms with van der Waals surface area (Å²) in [5.74, 6) is 1.12. The minimum absolute atomic E-state index is 1.01. The van der Waals surface area contributed by atoms with E-state index in [1.165, 1.54) is 104 Å². The third kappa shape index (κ3) is 6.10. The highest BCUT2D eigenvalue weighted by Crippen LogP contribution is 2.41. The molecule has 0 atom stereocenters. The molecule has 0 amide bonds. The number of nitrogens with zero attached hydrogens (tertiary/aromatic N) is 6. The van der Waals surface area contributed by atoms with Crippen LogP contribution in [0, 0.1) is 0 Å². The van der Waals surface area contributed by atoms with Crippen molar-refractivity contribution >= 4 is 131 Å². The van der Waals surface area contributed by atoms with E-state index in [1.54, 1.807) is 22.7 Å². The van der Waals surface area contributed by atoms with E-state index in [0.29, 0.717) is 0 Å². The van der Waals surface area contributed by atoms with Crippen LogP contribution in [0.1, 0.15) is 0 Å². The third-order valence-corrected chi connectivity index (χ3v) is 16.7. The fraction of sp³-hybridized carbons (Fsp3) is 0. The normalized spacial score (nSPS) is 12.1. The lowest BCUT2D eigenvalue weighted by molar-refractivity contribution is 1.07. The molecule has 0 fully saturated rings. The molecular weight excluding hydrogens is 941 g/mol. The average Bonchev–Trinajstić information content (AvgIpc) is 4.33. The lowest BCUT2D eigenvalue weighted by Crippen LogP contribution is -1.98. The Labute approximate surface area is 431 Å². The molecule has 0 radical (unpaired) electrons. The van der Waals surface area contributed by atoms with Crippen LogP contribution in [0.2, 0.25) is 0 Å². The van der Waals surface area contributed by atoms with Crippen molar-refractivity contribution in [1.29, 1.82) is 0 Å². The zero-order valence-electron chi connectivity index (χ0n) is 39.6. The highest BCUT2D eigenvalue weighted by atomic mass is 32.1. The van der Waals surface area contributed by atoms with Gasteiger partial charge in [0.15, 0.2) is 9.92 Å². The second-order valence-electron chi connectivity index (χ2n) is 19.0. The summed E-state index contributed by atoms with van der Waals surface area (Å²) in [4.78, 5) is 11.7. The van der Waals surface area contributed by atoms with Gasteiger partial charge in [-0.2, -0.15) is 0 Å². The van der Waals surface area contributed by atoms with Crippen molar-refractivity contribution in [2.45, 2.75) is 0 Å². The van der Waals surface area contributed by atoms with E-state index in [0.717, 1.165) is 37.8 Å². The second kappa shape index (κ2) is 16.1. The summed E-state index contributed by atoms with van der Waals surface area (Å²) < 4.78 is 9.34. The van der Waals surface area contributed by atoms with Crippen LogP contribution in [0.3, 0.4) is 0 Å². The predicted octanol–water partition coefficient (Wildman–Crippen LogP) is 18.1. The molecule has 0 aliphatic carbocycles. The van der Waals surface area contributed by atoms with Gasteiger partial charge in [0.05, 0.1) is 49.8 Å². The van der Waals surface area contributed by atoms with Gasteiger partial charge >= 0.3 is 0 Å². The fourth-order valence-electron chi connectivity index (χ4n) is 11.8. The van der Waals surface area contributed by atoms with Crippen molar-refractivity contribution < 1.29 is 0 Å². The highest BCUT2D eigenvalue weighted by Gasteiger charge is 2.20. The van der Waals surface area contributed by atoms with E-state index in [4.69, 9.17) is 9.97 Å². The molecule has 0 saturated heterocycles. The molecule has 0 aliphatic rings. The van der Waals surface area contributed by atoms with Crippen LogP contribution in [0.25, 0.3) is 142 Å². The molecule has 0 aliphatic heterocycles. The molecule has 346 valence electrons. The molecular formula is C66H40N6S2. The summed E-state index contributed by atoms with van der Waals surface area (Å²) in [5.41, 5.74) is 15.2. The standard InChI is InChI=1S/C33H20N4S.C33H20N2S/c1-5-13-27-22(9-1)23-10-2-6-14-28(23)35(27)21-17-18-30-25(19-21)24-11-3-7-15-29(24)36(30)32-20-38-33-34-26-12-4-8-16-31(26)37(32)33;1-2-12-26-24(10-1)25-11-3-4-13-27(25)29-19-22(16-17-28(26)29)21-8-7-9-23(18-21)32-20-36-33-34-30-14-5-6-15-31(30)35(32)33/h1-20H;1-20H. The Hall–Kier alpha value is -9.34. The lowest BCUT2D eigenvalue weighted by Gasteiger charge is -2.12. The fourth-order valence-corrected chi connectivity index (χ4v) is 13.6. The Bertz CT molecular complexity index is 5030. The maximum Gasteiger partial charge on any atom is 0.196 e. The van der Waals surface area contributed by atoms with Crippen LogP contribution in [0.15, 0.2) is 241 Å². The average molecular weight is 981 g/mol. The smallest absolute Gasteiger partial charge is 0.196 e. The zero-order valence-corrected chi connectivity index (χ0v) is 41.2. The Morgan fingerprint density at radius 3 is 1.39 bits per heavy atom. The number of thiazole rings is 2. The minimum Gasteiger partial charge on any atom is -0.309 e. The molecule has 0 bridgehead atoms. The number of imidazole rings is 2. The number of benzene rings is 11. The van der Waals surface area contributed by atoms with Gasteiger partial charge in [-0.05, 0) is 116 Å². The van der Waals surface area contributed by atoms with Crippen molar-refractivity contribution in [3.05, 3.63) is 241 Å². The summed E-state index contributed by atoms with van der Waals surface area (Å²) >= 11 is 3.38. The molecule has 8 heteroatoms. The first-order valence-electron chi connectivity index (χ1n) is 24.9. The van der Waals surface area contributed by atoms with E-state index in [2.05, 4.69) is 253 Å². The van der Waals surface area contributed by atoms with Gasteiger partial charge in [-0.1, -0.05) is 158 Å². The van der Waals surface area contributed by atoms with Crippen LogP contribution in [-0.2, 0) is 0 Å². The first-order valence-corrected chi connectivity index (χ1v) is 26.6. The molecule has 0 spiro atoms. The molecule has 17 aromatic rings. The number of para-hydroxylation sites is 7. The van der Waals surface area contributed by atoms with E-state index in [-0.39, 0.29) is 0 Å². The molecule has 6 heterocycles. The van der Waals surface area contributed by atoms with Crippen LogP contribution >= 0.6 is 22.7 Å². The first-order chi connectivity index (χ1) is 36.7. The lowest BCUT2D eigenvalue weighted by atomic mass is 9.92. The third-order valence-electron chi connectivity index (χ3n) is 15.0. The SMILES string of the molecule is c1cc(-c2ccc3c4ccccc4c4ccccc4c3c2)cc(-c2csc3nc4ccccc4n23)c1.c1ccc2c(c1)nc1scc(-n3c4ccccc4c4cc(-n5c6ccccc6c6ccccc65)ccc43)n12. The number of hydrogen-bond acceptors (Lipinski definition) is 4. The molecule has 0 unspecified atom stereocenters. The number of fused-ring (bicyclic) bond motifs is 18. The van der Waals surface area contributed by atoms with E-state index >= 15 is 0 Å². The maximum absolute atomic E-state index is 4.88. The molecule has 6 aromatic heterocycles. The van der Waals surface area contributed by atoms with Gasteiger partial charge in [-0.25, -0.2) is 9.97 Å². The van der Waals surface area contributed by atoms with Gasteiger partial charge in [-0.3, -0.25) is 13.4 Å². The molecule has 74 heavy (non-hydrogen) atoms. The van der Waals surface area contributed by atoms with Crippen LogP contribution < -0.4 is 0 Å². The molecule has 6 nitrogen and oxygen atoms in total. The van der Waals surface area contributed by atoms with Gasteiger partial charge in [-0.15, -0.1) is 22.7 Å². The maximum atomic E-state index is 4.88. The van der Waals surface area contributed by atoms with Crippen LogP contribution in [0.5, 0.6) is 0 Å². The van der Waals surface area contributed by atoms with E-state index in [1.807, 2.05) is 6.07 Å². The van der Waals surface area contributed by atoms with Gasteiger partial charge in [0, 0.05) is 43.6 Å². The van der Waals surface area contributed by atoms with Crippen molar-refractivity contribution in [3.63, 3.8) is 0 Å². The molecule has 0 saturated carbocycles. The summed E-state index contributed by atoms with van der Waals surface area (Å²) in [6.07, 6.45) is 0. The minimum atomic E-state index is 1.01. The Morgan fingerprint density at radius 2 is 0.743 bits per heavy atom. The van der Waals surface area contributed by atoms with Crippen LogP contribution in [0.4, 0.5) is 0 Å². The topological polar surface area (TPSA) is 44.5 Å². The van der Waals surface area contributed by atoms with Crippen molar-refractivity contribution in [2.75, 3.05) is 0 Å². The Balaban J connectivity index is 0.000000126. The van der Waals surface area contributed by atoms with Gasteiger partial charge < -0.3 is 4.57 Å². The molecule has 0 N–H and O–H groups in total. The number of hydrogen-bond donors (Lipinski definition) is 0. The summed E-state index contributed by atoms with van der Waals surface area (Å²) in [5, 5.41) is 17.3. The van der Waals surface area contributed by atoms with Gasteiger partial charge in [0.1, 0.15) is 5.82 Å². The monoisotopic (exact) mass is 980 g/mol. The van der Waals surface area contributed by atoms with Gasteiger partial charge in [0.25, 0.3) is 0 Å². The summed E-state index contributed by atoms with van der Waals surface area (Å²) in [6, 6.07) is 83.0. The second-order valence-corrected chi connectivity index (χ2v) is 20.7. The van der Waals surface area contributed by atoms with E-state index in [9.17, 15) is 0 Å². The molecule has 17 rings (SSSR count). The van der Waals surface area contributed by atoms with Crippen molar-refractivity contribution in [2.24, 2.45) is 0 Å². The summed E-state index contributed by atoms with van der Waals surface area (Å²) in [7, 11) is 0. The Morgan fingerprint density at radius 1 is 0.284 bits per heavy atom. The number of rotatable bonds is 4. The quantitative estimate of drug-likeness (QED) is 0.165. The van der Waals surface area contributed by atoms with Crippen LogP contribution in [-0.4, -0.2) is 27.9 Å². The van der Waals surface area contributed by atoms with Gasteiger partial charge in [0.2, 0.25) is 0 Å². The van der Waals surface area contributed by atoms with Crippen molar-refractivity contribution in [1.82, 2.24) is 27.9 Å².